The number of aromatic nitrogens is 4. The monoisotopic (exact) mass is 1100 g/mol. The zero-order valence-electron chi connectivity index (χ0n) is 38.7. The van der Waals surface area contributed by atoms with E-state index in [-0.39, 0.29) is 21.1 Å². The molecule has 0 atom stereocenters. The molecule has 0 spiro atoms. The Hall–Kier alpha value is -8.89. The summed E-state index contributed by atoms with van der Waals surface area (Å²) in [6.07, 6.45) is 0. The molecular formula is C66H41N5Pt. The predicted molar refractivity (Wildman–Crippen MR) is 294 cm³/mol. The maximum Gasteiger partial charge on any atom is 2.00 e. The summed E-state index contributed by atoms with van der Waals surface area (Å²) in [7, 11) is 0. The van der Waals surface area contributed by atoms with Gasteiger partial charge in [-0.15, -0.1) is 22.1 Å². The van der Waals surface area contributed by atoms with Crippen LogP contribution in [-0.2, 0) is 21.1 Å². The molecule has 340 valence electrons. The van der Waals surface area contributed by atoms with Crippen molar-refractivity contribution < 1.29 is 21.1 Å². The molecule has 11 aromatic rings. The van der Waals surface area contributed by atoms with Crippen molar-refractivity contribution in [2.75, 3.05) is 4.90 Å². The van der Waals surface area contributed by atoms with Crippen LogP contribution in [0.15, 0.2) is 249 Å². The molecule has 0 amide bonds. The molecule has 0 saturated carbocycles. The Morgan fingerprint density at radius 1 is 0.264 bits per heavy atom. The number of benzene rings is 9. The molecule has 4 heterocycles. The van der Waals surface area contributed by atoms with Gasteiger partial charge in [0.1, 0.15) is 0 Å². The molecule has 0 N–H and O–H groups in total. The molecule has 0 fully saturated rings. The van der Waals surface area contributed by atoms with Crippen LogP contribution in [0.2, 0.25) is 0 Å². The van der Waals surface area contributed by atoms with Gasteiger partial charge in [0.25, 0.3) is 0 Å². The van der Waals surface area contributed by atoms with Crippen LogP contribution in [0.5, 0.6) is 0 Å². The number of rotatable bonds is 6. The van der Waals surface area contributed by atoms with Gasteiger partial charge in [0.15, 0.2) is 0 Å². The van der Waals surface area contributed by atoms with Crippen LogP contribution < -0.4 is 14.9 Å². The van der Waals surface area contributed by atoms with Crippen molar-refractivity contribution in [1.29, 1.82) is 0 Å². The largest absolute Gasteiger partial charge is 2.00 e. The van der Waals surface area contributed by atoms with Gasteiger partial charge in [0.2, 0.25) is 0 Å². The van der Waals surface area contributed by atoms with Crippen molar-refractivity contribution in [2.45, 2.75) is 0 Å². The first-order chi connectivity index (χ1) is 35.3. The van der Waals surface area contributed by atoms with E-state index in [2.05, 4.69) is 254 Å². The van der Waals surface area contributed by atoms with E-state index in [9.17, 15) is 0 Å². The van der Waals surface area contributed by atoms with Gasteiger partial charge in [-0.2, -0.15) is 0 Å². The molecule has 1 aliphatic carbocycles. The fraction of sp³-hybridized carbons (Fsp3) is 0. The Morgan fingerprint density at radius 3 is 0.889 bits per heavy atom. The van der Waals surface area contributed by atoms with Crippen LogP contribution in [0.25, 0.3) is 122 Å². The van der Waals surface area contributed by atoms with Crippen LogP contribution >= 0.6 is 0 Å². The second kappa shape index (κ2) is 17.8. The van der Waals surface area contributed by atoms with Crippen molar-refractivity contribution in [3.63, 3.8) is 0 Å². The summed E-state index contributed by atoms with van der Waals surface area (Å²) in [5, 5.41) is 4.10. The van der Waals surface area contributed by atoms with E-state index in [1.54, 1.807) is 0 Å². The second-order valence-electron chi connectivity index (χ2n) is 18.0. The molecule has 72 heavy (non-hydrogen) atoms. The number of hydrogen-bond acceptors (Lipinski definition) is 3. The van der Waals surface area contributed by atoms with Crippen molar-refractivity contribution in [1.82, 2.24) is 19.9 Å². The smallest absolute Gasteiger partial charge is 0.656 e. The maximum absolute atomic E-state index is 6.00. The van der Waals surface area contributed by atoms with Crippen LogP contribution in [-0.4, -0.2) is 9.97 Å². The minimum atomic E-state index is 0. The van der Waals surface area contributed by atoms with Crippen molar-refractivity contribution in [3.05, 3.63) is 249 Å². The minimum absolute atomic E-state index is 0. The Morgan fingerprint density at radius 2 is 0.528 bits per heavy atom. The van der Waals surface area contributed by atoms with Gasteiger partial charge in [0, 0.05) is 33.6 Å². The van der Waals surface area contributed by atoms with E-state index in [1.165, 1.54) is 0 Å². The summed E-state index contributed by atoms with van der Waals surface area (Å²) < 4.78 is 0. The standard InChI is InChI=1S/C66H41N5.Pt/c1-6-24-42(25-7-1)55-58-47-34-16-18-36-49(47)60(67-58)56(43-26-8-2-9-27-43)62-51-38-20-22-40-53(51)64(69-62)66(71(45-30-12-4-13-31-45)46-32-14-5-15-33-46)65-54-41-23-21-39-52(54)63(70-65)57(44-28-10-3-11-29-44)61-50-37-19-17-35-48(50)59(55)68-61;/h1-41H;/q-2;+2. The molecule has 0 radical (unpaired) electrons. The van der Waals surface area contributed by atoms with Crippen LogP contribution in [0.3, 0.4) is 0 Å². The summed E-state index contributed by atoms with van der Waals surface area (Å²) in [5.41, 5.74) is 19.6. The third-order valence-electron chi connectivity index (χ3n) is 14.0. The van der Waals surface area contributed by atoms with E-state index >= 15 is 0 Å². The predicted octanol–water partition coefficient (Wildman–Crippen LogP) is 17.0. The topological polar surface area (TPSA) is 57.2 Å². The summed E-state index contributed by atoms with van der Waals surface area (Å²) >= 11 is 0. The number of nitrogens with zero attached hydrogens (tertiary/aromatic N) is 5. The molecular weight excluding hydrogens is 1060 g/mol. The Kier molecular flexibility index (Phi) is 10.7. The molecule has 6 heteroatoms. The Balaban J connectivity index is 0.00000504. The van der Waals surface area contributed by atoms with Gasteiger partial charge in [-0.1, -0.05) is 224 Å². The average Bonchev–Trinajstić information content (AvgIpc) is 4.22. The fourth-order valence-electron chi connectivity index (χ4n) is 10.9. The van der Waals surface area contributed by atoms with E-state index in [1.807, 2.05) is 0 Å². The van der Waals surface area contributed by atoms with Crippen LogP contribution in [0.4, 0.5) is 17.1 Å². The summed E-state index contributed by atoms with van der Waals surface area (Å²) in [5.74, 6) is 0. The number of para-hydroxylation sites is 2. The first-order valence-electron chi connectivity index (χ1n) is 24.1. The normalized spacial score (nSPS) is 11.5. The van der Waals surface area contributed by atoms with Crippen LogP contribution in [0, 0.1) is 0 Å². The van der Waals surface area contributed by atoms with Crippen molar-refractivity contribution in [2.24, 2.45) is 0 Å². The van der Waals surface area contributed by atoms with E-state index < -0.39 is 0 Å². The molecule has 2 aliphatic heterocycles. The maximum atomic E-state index is 6.00. The van der Waals surface area contributed by atoms with Gasteiger partial charge in [-0.05, 0) is 79.2 Å². The molecule has 8 bridgehead atoms. The molecule has 9 aromatic carbocycles. The van der Waals surface area contributed by atoms with E-state index in [0.717, 1.165) is 139 Å². The molecule has 3 aliphatic rings. The van der Waals surface area contributed by atoms with Gasteiger partial charge < -0.3 is 14.9 Å². The van der Waals surface area contributed by atoms with E-state index in [4.69, 9.17) is 19.9 Å². The molecule has 5 nitrogen and oxygen atoms in total. The molecule has 14 rings (SSSR count). The molecule has 0 saturated heterocycles. The molecule has 0 unspecified atom stereocenters. The summed E-state index contributed by atoms with van der Waals surface area (Å²) in [6, 6.07) is 87.8. The van der Waals surface area contributed by atoms with Crippen LogP contribution in [0.1, 0.15) is 0 Å². The average molecular weight is 1100 g/mol. The fourth-order valence-corrected chi connectivity index (χ4v) is 10.9. The van der Waals surface area contributed by atoms with Gasteiger partial charge in [-0.25, -0.2) is 9.97 Å². The molecule has 2 aromatic heterocycles. The van der Waals surface area contributed by atoms with E-state index in [0.29, 0.717) is 0 Å². The van der Waals surface area contributed by atoms with Crippen molar-refractivity contribution in [3.8, 4) is 78.4 Å². The zero-order valence-corrected chi connectivity index (χ0v) is 41.0. The second-order valence-corrected chi connectivity index (χ2v) is 18.0. The van der Waals surface area contributed by atoms with Gasteiger partial charge in [-0.3, -0.25) is 0 Å². The third kappa shape index (κ3) is 6.88. The van der Waals surface area contributed by atoms with Crippen molar-refractivity contribution >= 4 is 60.7 Å². The summed E-state index contributed by atoms with van der Waals surface area (Å²) in [4.78, 5) is 26.2. The quantitative estimate of drug-likeness (QED) is 0.166. The Labute approximate surface area is 431 Å². The minimum Gasteiger partial charge on any atom is -0.656 e. The Bertz CT molecular complexity index is 4130. The first-order valence-corrected chi connectivity index (χ1v) is 24.1. The number of hydrogen-bond donors (Lipinski definition) is 0. The summed E-state index contributed by atoms with van der Waals surface area (Å²) in [6.45, 7) is 0. The first kappa shape index (κ1) is 43.2. The zero-order chi connectivity index (χ0) is 46.8. The van der Waals surface area contributed by atoms with Gasteiger partial charge >= 0.3 is 21.1 Å². The third-order valence-corrected chi connectivity index (χ3v) is 14.0. The van der Waals surface area contributed by atoms with Gasteiger partial charge in [0.05, 0.1) is 28.5 Å². The number of anilines is 3. The SMILES string of the molecule is [Pt+2].c1ccc(-c2c3nc(c(-c4ccccc4)c4[n-]c(c(N(c5ccccc5)c5ccccc5)c5nc(c(-c6ccccc6)c6[n-]c2c2ccccc62)-c2ccccc2-5)c2ccccc42)-c2ccccc2-3)cc1.